The maximum absolute atomic E-state index is 13.3. The Hall–Kier alpha value is -3.07. The Labute approximate surface area is 185 Å². The van der Waals surface area contributed by atoms with E-state index in [0.717, 1.165) is 28.0 Å². The zero-order valence-corrected chi connectivity index (χ0v) is 19.5. The maximum Gasteiger partial charge on any atom is 0.193 e. The summed E-state index contributed by atoms with van der Waals surface area (Å²) in [6, 6.07) is 19.2. The van der Waals surface area contributed by atoms with Crippen molar-refractivity contribution < 1.29 is 14.6 Å². The fourth-order valence-corrected chi connectivity index (χ4v) is 3.67. The zero-order chi connectivity index (χ0) is 23.0. The maximum atomic E-state index is 13.3. The summed E-state index contributed by atoms with van der Waals surface area (Å²) in [4.78, 5) is 13.3. The summed E-state index contributed by atoms with van der Waals surface area (Å²) < 4.78 is 5.22. The van der Waals surface area contributed by atoms with Crippen LogP contribution in [-0.4, -0.2) is 18.0 Å². The van der Waals surface area contributed by atoms with Crippen molar-refractivity contribution in [3.63, 3.8) is 0 Å². The second kappa shape index (κ2) is 8.22. The molecule has 31 heavy (non-hydrogen) atoms. The van der Waals surface area contributed by atoms with Crippen LogP contribution in [0.1, 0.15) is 68.6 Å². The van der Waals surface area contributed by atoms with Crippen molar-refractivity contribution in [1.82, 2.24) is 0 Å². The predicted octanol–water partition coefficient (Wildman–Crippen LogP) is 6.89. The summed E-state index contributed by atoms with van der Waals surface area (Å²) >= 11 is 0. The minimum atomic E-state index is -0.279. The molecule has 0 aliphatic carbocycles. The molecule has 0 atom stereocenters. The third-order valence-electron chi connectivity index (χ3n) is 5.56. The lowest BCUT2D eigenvalue weighted by atomic mass is 9.77. The van der Waals surface area contributed by atoms with Crippen LogP contribution in [0, 0.1) is 0 Å². The van der Waals surface area contributed by atoms with Crippen LogP contribution in [0.25, 0.3) is 11.1 Å². The Morgan fingerprint density at radius 2 is 1.13 bits per heavy atom. The summed E-state index contributed by atoms with van der Waals surface area (Å²) in [5.41, 5.74) is 4.35. The molecule has 0 amide bonds. The molecule has 0 radical (unpaired) electrons. The monoisotopic (exact) mass is 416 g/mol. The molecular weight excluding hydrogens is 384 g/mol. The Bertz CT molecular complexity index is 1040. The number of hydrogen-bond donors (Lipinski definition) is 1. The summed E-state index contributed by atoms with van der Waals surface area (Å²) in [6.45, 7) is 12.3. The number of ketones is 1. The molecule has 0 heterocycles. The van der Waals surface area contributed by atoms with E-state index in [-0.39, 0.29) is 22.4 Å². The number of ether oxygens (including phenoxy) is 1. The average molecular weight is 417 g/mol. The fraction of sp³-hybridized carbons (Fsp3) is 0.321. The van der Waals surface area contributed by atoms with Gasteiger partial charge >= 0.3 is 0 Å². The smallest absolute Gasteiger partial charge is 0.193 e. The summed E-state index contributed by atoms with van der Waals surface area (Å²) in [5.74, 6) is 1.05. The zero-order valence-electron chi connectivity index (χ0n) is 19.5. The topological polar surface area (TPSA) is 46.5 Å². The molecule has 3 rings (SSSR count). The molecule has 3 aromatic carbocycles. The predicted molar refractivity (Wildman–Crippen MR) is 127 cm³/mol. The average Bonchev–Trinajstić information content (AvgIpc) is 2.72. The molecule has 3 heteroatoms. The van der Waals surface area contributed by atoms with E-state index in [1.165, 1.54) is 0 Å². The van der Waals surface area contributed by atoms with E-state index in [9.17, 15) is 9.90 Å². The van der Waals surface area contributed by atoms with Gasteiger partial charge in [0.25, 0.3) is 0 Å². The number of hydrogen-bond acceptors (Lipinski definition) is 3. The Morgan fingerprint density at radius 3 is 1.52 bits per heavy atom. The van der Waals surface area contributed by atoms with Crippen molar-refractivity contribution in [3.05, 3.63) is 82.9 Å². The second-order valence-corrected chi connectivity index (χ2v) is 10.1. The number of carbonyl (C=O) groups excluding carboxylic acids is 1. The van der Waals surface area contributed by atoms with Gasteiger partial charge in [-0.1, -0.05) is 77.9 Å². The van der Waals surface area contributed by atoms with Crippen LogP contribution in [0.4, 0.5) is 0 Å². The molecule has 0 saturated heterocycles. The number of methoxy groups -OCH3 is 1. The van der Waals surface area contributed by atoms with E-state index in [0.29, 0.717) is 11.1 Å². The van der Waals surface area contributed by atoms with Gasteiger partial charge in [-0.05, 0) is 46.2 Å². The van der Waals surface area contributed by atoms with Gasteiger partial charge in [-0.25, -0.2) is 0 Å². The first-order valence-electron chi connectivity index (χ1n) is 10.6. The SMILES string of the molecule is COc1ccc(-c2ccc(C(=O)c3cc(C(C)(C)C)c(O)c(C(C)(C)C)c3)cc2)cc1. The molecule has 3 aromatic rings. The van der Waals surface area contributed by atoms with E-state index in [1.807, 2.05) is 102 Å². The van der Waals surface area contributed by atoms with Crippen LogP contribution in [0.3, 0.4) is 0 Å². The van der Waals surface area contributed by atoms with Gasteiger partial charge in [0.2, 0.25) is 0 Å². The van der Waals surface area contributed by atoms with E-state index < -0.39 is 0 Å². The normalized spacial score (nSPS) is 12.0. The number of phenols is 1. The Kier molecular flexibility index (Phi) is 6.00. The lowest BCUT2D eigenvalue weighted by molar-refractivity contribution is 0.103. The van der Waals surface area contributed by atoms with Gasteiger partial charge in [0.15, 0.2) is 5.78 Å². The van der Waals surface area contributed by atoms with Crippen molar-refractivity contribution in [2.75, 3.05) is 7.11 Å². The minimum Gasteiger partial charge on any atom is -0.507 e. The highest BCUT2D eigenvalue weighted by Gasteiger charge is 2.28. The first kappa shape index (κ1) is 22.6. The summed E-state index contributed by atoms with van der Waals surface area (Å²) in [6.07, 6.45) is 0. The number of rotatable bonds is 4. The van der Waals surface area contributed by atoms with E-state index in [4.69, 9.17) is 4.74 Å². The van der Waals surface area contributed by atoms with E-state index in [1.54, 1.807) is 7.11 Å². The lowest BCUT2D eigenvalue weighted by Crippen LogP contribution is -2.19. The van der Waals surface area contributed by atoms with Crippen molar-refractivity contribution in [3.8, 4) is 22.6 Å². The van der Waals surface area contributed by atoms with Crippen molar-refractivity contribution >= 4 is 5.78 Å². The number of benzene rings is 3. The molecule has 0 fully saturated rings. The molecule has 162 valence electrons. The van der Waals surface area contributed by atoms with Gasteiger partial charge in [0, 0.05) is 22.3 Å². The van der Waals surface area contributed by atoms with Crippen LogP contribution < -0.4 is 4.74 Å². The van der Waals surface area contributed by atoms with Crippen LogP contribution in [0.5, 0.6) is 11.5 Å². The van der Waals surface area contributed by atoms with E-state index in [2.05, 4.69) is 0 Å². The van der Waals surface area contributed by atoms with E-state index >= 15 is 0 Å². The third kappa shape index (κ3) is 4.82. The fourth-order valence-electron chi connectivity index (χ4n) is 3.67. The molecule has 0 aliphatic heterocycles. The van der Waals surface area contributed by atoms with Crippen LogP contribution >= 0.6 is 0 Å². The molecule has 0 saturated carbocycles. The van der Waals surface area contributed by atoms with Crippen molar-refractivity contribution in [2.45, 2.75) is 52.4 Å². The Balaban J connectivity index is 2.00. The molecule has 3 nitrogen and oxygen atoms in total. The summed E-state index contributed by atoms with van der Waals surface area (Å²) in [5, 5.41) is 10.9. The van der Waals surface area contributed by atoms with Gasteiger partial charge in [-0.3, -0.25) is 4.79 Å². The molecule has 0 unspecified atom stereocenters. The van der Waals surface area contributed by atoms with Crippen LogP contribution in [0.15, 0.2) is 60.7 Å². The third-order valence-corrected chi connectivity index (χ3v) is 5.56. The van der Waals surface area contributed by atoms with Crippen molar-refractivity contribution in [2.24, 2.45) is 0 Å². The van der Waals surface area contributed by atoms with Crippen molar-refractivity contribution in [1.29, 1.82) is 0 Å². The molecular formula is C28H32O3. The second-order valence-electron chi connectivity index (χ2n) is 10.1. The molecule has 0 spiro atoms. The molecule has 0 aliphatic rings. The standard InChI is InChI=1S/C28H32O3/c1-27(2,3)23-16-21(17-24(26(23)30)28(4,5)6)25(29)20-10-8-18(9-11-20)19-12-14-22(31-7)15-13-19/h8-17,30H,1-7H3. The Morgan fingerprint density at radius 1 is 0.710 bits per heavy atom. The first-order chi connectivity index (χ1) is 14.4. The number of carbonyl (C=O) groups is 1. The first-order valence-corrected chi connectivity index (χ1v) is 10.6. The number of phenolic OH excluding ortho intramolecular Hbond substituents is 1. The molecule has 1 N–H and O–H groups in total. The quantitative estimate of drug-likeness (QED) is 0.471. The van der Waals surface area contributed by atoms with Gasteiger partial charge in [-0.2, -0.15) is 0 Å². The largest absolute Gasteiger partial charge is 0.507 e. The van der Waals surface area contributed by atoms with Gasteiger partial charge < -0.3 is 9.84 Å². The lowest BCUT2D eigenvalue weighted by Gasteiger charge is -2.28. The van der Waals surface area contributed by atoms with Crippen LogP contribution in [0.2, 0.25) is 0 Å². The molecule has 0 bridgehead atoms. The number of aromatic hydroxyl groups is 1. The summed E-state index contributed by atoms with van der Waals surface area (Å²) in [7, 11) is 1.65. The highest BCUT2D eigenvalue weighted by atomic mass is 16.5. The highest BCUT2D eigenvalue weighted by Crippen LogP contribution is 2.40. The van der Waals surface area contributed by atoms with Gasteiger partial charge in [-0.15, -0.1) is 0 Å². The van der Waals surface area contributed by atoms with Gasteiger partial charge in [0.1, 0.15) is 11.5 Å². The highest BCUT2D eigenvalue weighted by molar-refractivity contribution is 6.09. The minimum absolute atomic E-state index is 0.0442. The van der Waals surface area contributed by atoms with Crippen LogP contribution in [-0.2, 0) is 10.8 Å². The molecule has 0 aromatic heterocycles. The van der Waals surface area contributed by atoms with Gasteiger partial charge in [0.05, 0.1) is 7.11 Å².